The van der Waals surface area contributed by atoms with E-state index >= 15 is 0 Å². The summed E-state index contributed by atoms with van der Waals surface area (Å²) in [5.41, 5.74) is 3.45. The summed E-state index contributed by atoms with van der Waals surface area (Å²) in [6.45, 7) is 0. The van der Waals surface area contributed by atoms with Gasteiger partial charge in [-0.25, -0.2) is 4.98 Å². The summed E-state index contributed by atoms with van der Waals surface area (Å²) in [7, 11) is 0. The lowest BCUT2D eigenvalue weighted by Crippen LogP contribution is -2.10. The molecule has 2 unspecified atom stereocenters. The van der Waals surface area contributed by atoms with Gasteiger partial charge >= 0.3 is 0 Å². The molecule has 100 valence electrons. The Labute approximate surface area is 121 Å². The number of hydrogen-bond acceptors (Lipinski definition) is 3. The normalized spacial score (nSPS) is 21.2. The Bertz CT molecular complexity index is 731. The van der Waals surface area contributed by atoms with Crippen LogP contribution in [0.5, 0.6) is 0 Å². The number of thiazole rings is 1. The summed E-state index contributed by atoms with van der Waals surface area (Å²) in [5.74, 6) is 0.257. The van der Waals surface area contributed by atoms with Gasteiger partial charge in [0.25, 0.3) is 0 Å². The summed E-state index contributed by atoms with van der Waals surface area (Å²) in [5, 5.41) is 11.6. The molecule has 0 saturated carbocycles. The van der Waals surface area contributed by atoms with E-state index in [4.69, 9.17) is 0 Å². The highest BCUT2D eigenvalue weighted by Gasteiger charge is 2.31. The van der Waals surface area contributed by atoms with Crippen LogP contribution >= 0.6 is 11.3 Å². The smallest absolute Gasteiger partial charge is 0.0942 e. The van der Waals surface area contributed by atoms with Crippen LogP contribution in [0, 0.1) is 5.92 Å². The van der Waals surface area contributed by atoms with Gasteiger partial charge in [-0.1, -0.05) is 36.4 Å². The molecule has 0 aliphatic heterocycles. The molecule has 1 aliphatic rings. The minimum Gasteiger partial charge on any atom is -0.388 e. The predicted molar refractivity (Wildman–Crippen MR) is 81.9 cm³/mol. The first-order chi connectivity index (χ1) is 9.81. The molecule has 0 amide bonds. The van der Waals surface area contributed by atoms with E-state index in [1.54, 1.807) is 11.3 Å². The van der Waals surface area contributed by atoms with Crippen molar-refractivity contribution in [2.75, 3.05) is 0 Å². The number of hydrogen-bond donors (Lipinski definition) is 1. The van der Waals surface area contributed by atoms with Gasteiger partial charge in [-0.15, -0.1) is 11.3 Å². The van der Waals surface area contributed by atoms with E-state index in [0.717, 1.165) is 28.9 Å². The summed E-state index contributed by atoms with van der Waals surface area (Å²) in [6, 6.07) is 16.4. The van der Waals surface area contributed by atoms with Crippen molar-refractivity contribution >= 4 is 21.6 Å². The molecule has 0 bridgehead atoms. The van der Waals surface area contributed by atoms with E-state index in [1.807, 2.05) is 30.3 Å². The van der Waals surface area contributed by atoms with Crippen LogP contribution in [0.2, 0.25) is 0 Å². The minimum absolute atomic E-state index is 0.257. The molecule has 3 heteroatoms. The van der Waals surface area contributed by atoms with E-state index in [9.17, 15) is 5.11 Å². The van der Waals surface area contributed by atoms with E-state index in [2.05, 4.69) is 23.2 Å². The Balaban J connectivity index is 1.61. The monoisotopic (exact) mass is 281 g/mol. The molecule has 1 N–H and O–H groups in total. The van der Waals surface area contributed by atoms with Gasteiger partial charge in [0.15, 0.2) is 0 Å². The molecule has 1 aromatic heterocycles. The van der Waals surface area contributed by atoms with Crippen LogP contribution in [0.4, 0.5) is 0 Å². The maximum Gasteiger partial charge on any atom is 0.0942 e. The molecule has 0 spiro atoms. The van der Waals surface area contributed by atoms with Crippen LogP contribution in [-0.4, -0.2) is 10.1 Å². The van der Waals surface area contributed by atoms with Gasteiger partial charge in [0.05, 0.1) is 21.3 Å². The van der Waals surface area contributed by atoms with Crippen LogP contribution in [0.1, 0.15) is 22.2 Å². The Kier molecular flexibility index (Phi) is 2.83. The van der Waals surface area contributed by atoms with Crippen LogP contribution in [-0.2, 0) is 12.8 Å². The van der Waals surface area contributed by atoms with Crippen molar-refractivity contribution in [1.29, 1.82) is 0 Å². The quantitative estimate of drug-likeness (QED) is 0.776. The largest absolute Gasteiger partial charge is 0.388 e. The number of aliphatic hydroxyl groups excluding tert-OH is 1. The number of aromatic nitrogens is 1. The van der Waals surface area contributed by atoms with Crippen LogP contribution in [0.25, 0.3) is 10.2 Å². The van der Waals surface area contributed by atoms with Crippen molar-refractivity contribution in [3.05, 3.63) is 64.7 Å². The van der Waals surface area contributed by atoms with Gasteiger partial charge in [-0.05, 0) is 35.6 Å². The number of para-hydroxylation sites is 1. The lowest BCUT2D eigenvalue weighted by atomic mass is 10.00. The van der Waals surface area contributed by atoms with Gasteiger partial charge in [-0.3, -0.25) is 0 Å². The fourth-order valence-corrected chi connectivity index (χ4v) is 4.13. The van der Waals surface area contributed by atoms with Crippen molar-refractivity contribution < 1.29 is 5.11 Å². The lowest BCUT2D eigenvalue weighted by Gasteiger charge is -2.13. The number of benzene rings is 2. The number of nitrogens with zero attached hydrogens (tertiary/aromatic N) is 1. The highest BCUT2D eigenvalue weighted by Crippen LogP contribution is 2.38. The van der Waals surface area contributed by atoms with Crippen LogP contribution in [0.15, 0.2) is 48.5 Å². The average Bonchev–Trinajstić information content (AvgIpc) is 3.01. The summed E-state index contributed by atoms with van der Waals surface area (Å²) >= 11 is 1.74. The first kappa shape index (κ1) is 12.1. The molecule has 2 atom stereocenters. The number of aliphatic hydroxyl groups is 1. The molecule has 2 nitrogen and oxygen atoms in total. The first-order valence-corrected chi connectivity index (χ1v) is 7.73. The second kappa shape index (κ2) is 4.69. The van der Waals surface area contributed by atoms with Gasteiger partial charge < -0.3 is 5.11 Å². The maximum atomic E-state index is 10.5. The second-order valence-corrected chi connectivity index (χ2v) is 6.50. The topological polar surface area (TPSA) is 33.1 Å². The molecule has 0 saturated heterocycles. The fourth-order valence-electron chi connectivity index (χ4n) is 3.07. The molecule has 1 heterocycles. The highest BCUT2D eigenvalue weighted by molar-refractivity contribution is 7.18. The molecule has 1 aliphatic carbocycles. The van der Waals surface area contributed by atoms with Crippen LogP contribution in [0.3, 0.4) is 0 Å². The van der Waals surface area contributed by atoms with Crippen molar-refractivity contribution in [2.45, 2.75) is 18.9 Å². The zero-order chi connectivity index (χ0) is 13.5. The van der Waals surface area contributed by atoms with Gasteiger partial charge in [0, 0.05) is 6.42 Å². The molecular weight excluding hydrogens is 266 g/mol. The van der Waals surface area contributed by atoms with Crippen molar-refractivity contribution in [3.63, 3.8) is 0 Å². The molecule has 0 radical (unpaired) electrons. The molecule has 2 aromatic carbocycles. The summed E-state index contributed by atoms with van der Waals surface area (Å²) < 4.78 is 1.23. The van der Waals surface area contributed by atoms with E-state index in [1.165, 1.54) is 10.3 Å². The first-order valence-electron chi connectivity index (χ1n) is 6.91. The molecule has 4 rings (SSSR count). The van der Waals surface area contributed by atoms with E-state index in [0.29, 0.717) is 0 Å². The third kappa shape index (κ3) is 1.94. The van der Waals surface area contributed by atoms with E-state index in [-0.39, 0.29) is 12.0 Å². The van der Waals surface area contributed by atoms with Crippen LogP contribution < -0.4 is 0 Å². The summed E-state index contributed by atoms with van der Waals surface area (Å²) in [4.78, 5) is 4.68. The summed E-state index contributed by atoms with van der Waals surface area (Å²) in [6.07, 6.45) is 1.46. The third-order valence-electron chi connectivity index (χ3n) is 4.08. The average molecular weight is 281 g/mol. The minimum atomic E-state index is -0.349. The zero-order valence-electron chi connectivity index (χ0n) is 11.0. The van der Waals surface area contributed by atoms with Crippen molar-refractivity contribution in [1.82, 2.24) is 4.98 Å². The standard InChI is InChI=1S/C17H15NOS/c19-17-12(9-11-5-1-2-6-13(11)17)10-16-18-14-7-3-4-8-15(14)20-16/h1-8,12,17,19H,9-10H2. The van der Waals surface area contributed by atoms with E-state index < -0.39 is 0 Å². The fraction of sp³-hybridized carbons (Fsp3) is 0.235. The number of rotatable bonds is 2. The van der Waals surface area contributed by atoms with Crippen molar-refractivity contribution in [3.8, 4) is 0 Å². The Morgan fingerprint density at radius 2 is 1.90 bits per heavy atom. The molecule has 3 aromatic rings. The third-order valence-corrected chi connectivity index (χ3v) is 5.14. The van der Waals surface area contributed by atoms with Gasteiger partial charge in [-0.2, -0.15) is 0 Å². The molecular formula is C17H15NOS. The Morgan fingerprint density at radius 3 is 2.75 bits per heavy atom. The van der Waals surface area contributed by atoms with Gasteiger partial charge in [0.1, 0.15) is 0 Å². The maximum absolute atomic E-state index is 10.5. The Hall–Kier alpha value is -1.71. The predicted octanol–water partition coefficient (Wildman–Crippen LogP) is 3.74. The molecule has 0 fully saturated rings. The highest BCUT2D eigenvalue weighted by atomic mass is 32.1. The number of fused-ring (bicyclic) bond motifs is 2. The van der Waals surface area contributed by atoms with Gasteiger partial charge in [0.2, 0.25) is 0 Å². The van der Waals surface area contributed by atoms with Crippen molar-refractivity contribution in [2.24, 2.45) is 5.92 Å². The zero-order valence-corrected chi connectivity index (χ0v) is 11.8. The SMILES string of the molecule is OC1c2ccccc2CC1Cc1nc2ccccc2s1. The lowest BCUT2D eigenvalue weighted by molar-refractivity contribution is 0.123. The Morgan fingerprint density at radius 1 is 1.10 bits per heavy atom. The second-order valence-electron chi connectivity index (χ2n) is 5.39. The molecule has 20 heavy (non-hydrogen) atoms.